The highest BCUT2D eigenvalue weighted by molar-refractivity contribution is 5.72. The molecule has 1 N–H and O–H groups in total. The van der Waals surface area contributed by atoms with Crippen LogP contribution in [0.15, 0.2) is 66.7 Å². The standard InChI is InChI=1S/C32H33F3O5/c1-38-26-15-16-28(20-7-9-23(10-8-20)32(33,34)35)30(18-26)40-25-13-11-24(12-14-25)39-27-4-2-3-22(17-27)29(19-31(36)37)21-5-6-21/h2-4,7-10,15-18,21,24-25,29H,5-6,11-14,19H2,1H3,(H,36,37). The van der Waals surface area contributed by atoms with E-state index in [1.807, 2.05) is 24.3 Å². The predicted molar refractivity (Wildman–Crippen MR) is 145 cm³/mol. The van der Waals surface area contributed by atoms with Gasteiger partial charge in [-0.3, -0.25) is 4.79 Å². The number of halogens is 3. The van der Waals surface area contributed by atoms with Gasteiger partial charge in [0.05, 0.1) is 31.3 Å². The van der Waals surface area contributed by atoms with Crippen LogP contribution in [0.3, 0.4) is 0 Å². The van der Waals surface area contributed by atoms with Crippen molar-refractivity contribution in [1.29, 1.82) is 0 Å². The molecule has 2 aliphatic rings. The monoisotopic (exact) mass is 554 g/mol. The highest BCUT2D eigenvalue weighted by Crippen LogP contribution is 2.45. The van der Waals surface area contributed by atoms with E-state index in [1.165, 1.54) is 12.1 Å². The maximum atomic E-state index is 13.0. The molecule has 212 valence electrons. The van der Waals surface area contributed by atoms with Crippen LogP contribution in [0.4, 0.5) is 13.2 Å². The van der Waals surface area contributed by atoms with Gasteiger partial charge in [-0.15, -0.1) is 0 Å². The molecule has 0 aromatic heterocycles. The van der Waals surface area contributed by atoms with Crippen molar-refractivity contribution in [1.82, 2.24) is 0 Å². The van der Waals surface area contributed by atoms with Crippen molar-refractivity contribution in [3.05, 3.63) is 77.9 Å². The summed E-state index contributed by atoms with van der Waals surface area (Å²) in [5, 5.41) is 9.34. The summed E-state index contributed by atoms with van der Waals surface area (Å²) in [6, 6.07) is 18.2. The van der Waals surface area contributed by atoms with E-state index in [2.05, 4.69) is 0 Å². The lowest BCUT2D eigenvalue weighted by molar-refractivity contribution is -0.138. The zero-order chi connectivity index (χ0) is 28.3. The Kier molecular flexibility index (Phi) is 8.24. The molecule has 5 nitrogen and oxygen atoms in total. The molecule has 3 aromatic carbocycles. The third-order valence-electron chi connectivity index (χ3n) is 7.80. The highest BCUT2D eigenvalue weighted by Gasteiger charge is 2.34. The Balaban J connectivity index is 1.23. The molecule has 1 atom stereocenters. The fraction of sp³-hybridized carbons (Fsp3) is 0.406. The van der Waals surface area contributed by atoms with E-state index < -0.39 is 17.7 Å². The van der Waals surface area contributed by atoms with Gasteiger partial charge in [-0.1, -0.05) is 24.3 Å². The zero-order valence-electron chi connectivity index (χ0n) is 22.3. The Morgan fingerprint density at radius 3 is 2.15 bits per heavy atom. The van der Waals surface area contributed by atoms with E-state index in [-0.39, 0.29) is 24.5 Å². The van der Waals surface area contributed by atoms with E-state index in [4.69, 9.17) is 14.2 Å². The fourth-order valence-electron chi connectivity index (χ4n) is 5.51. The number of benzene rings is 3. The van der Waals surface area contributed by atoms with Gasteiger partial charge in [0.2, 0.25) is 0 Å². The fourth-order valence-corrected chi connectivity index (χ4v) is 5.51. The van der Waals surface area contributed by atoms with Crippen LogP contribution in [0.5, 0.6) is 17.2 Å². The lowest BCUT2D eigenvalue weighted by Gasteiger charge is -2.30. The summed E-state index contributed by atoms with van der Waals surface area (Å²) < 4.78 is 57.2. The number of hydrogen-bond donors (Lipinski definition) is 1. The Hall–Kier alpha value is -3.68. The molecule has 3 aromatic rings. The van der Waals surface area contributed by atoms with Crippen LogP contribution >= 0.6 is 0 Å². The molecule has 0 amide bonds. The van der Waals surface area contributed by atoms with Gasteiger partial charge < -0.3 is 19.3 Å². The molecule has 5 rings (SSSR count). The number of hydrogen-bond acceptors (Lipinski definition) is 4. The van der Waals surface area contributed by atoms with Crippen molar-refractivity contribution in [3.8, 4) is 28.4 Å². The van der Waals surface area contributed by atoms with Gasteiger partial charge >= 0.3 is 12.1 Å². The van der Waals surface area contributed by atoms with Crippen molar-refractivity contribution in [2.24, 2.45) is 5.92 Å². The second kappa shape index (κ2) is 11.8. The summed E-state index contributed by atoms with van der Waals surface area (Å²) in [5.41, 5.74) is 1.67. The average Bonchev–Trinajstić information content (AvgIpc) is 3.78. The Morgan fingerprint density at radius 2 is 1.55 bits per heavy atom. The third kappa shape index (κ3) is 6.90. The van der Waals surface area contributed by atoms with Crippen molar-refractivity contribution in [3.63, 3.8) is 0 Å². The smallest absolute Gasteiger partial charge is 0.416 e. The molecule has 0 radical (unpaired) electrons. The molecule has 2 aliphatic carbocycles. The van der Waals surface area contributed by atoms with E-state index in [9.17, 15) is 23.1 Å². The number of carboxylic acids is 1. The number of rotatable bonds is 10. The lowest BCUT2D eigenvalue weighted by Crippen LogP contribution is -2.30. The molecule has 0 heterocycles. The van der Waals surface area contributed by atoms with Gasteiger partial charge in [-0.25, -0.2) is 0 Å². The molecule has 0 spiro atoms. The Morgan fingerprint density at radius 1 is 0.875 bits per heavy atom. The number of aliphatic carboxylic acids is 1. The summed E-state index contributed by atoms with van der Waals surface area (Å²) in [6.45, 7) is 0. The van der Waals surface area contributed by atoms with E-state index in [0.29, 0.717) is 28.5 Å². The minimum atomic E-state index is -4.39. The van der Waals surface area contributed by atoms with Gasteiger partial charge in [0.25, 0.3) is 0 Å². The first-order chi connectivity index (χ1) is 19.2. The summed E-state index contributed by atoms with van der Waals surface area (Å²) in [7, 11) is 1.56. The number of carbonyl (C=O) groups is 1. The summed E-state index contributed by atoms with van der Waals surface area (Å²) in [6.07, 6.45) is 0.935. The van der Waals surface area contributed by atoms with Crippen molar-refractivity contribution in [2.45, 2.75) is 69.2 Å². The van der Waals surface area contributed by atoms with Crippen molar-refractivity contribution in [2.75, 3.05) is 7.11 Å². The largest absolute Gasteiger partial charge is 0.497 e. The number of carboxylic acid groups (broad SMARTS) is 1. The molecule has 0 aliphatic heterocycles. The molecule has 0 bridgehead atoms. The van der Waals surface area contributed by atoms with Crippen LogP contribution in [-0.2, 0) is 11.0 Å². The average molecular weight is 555 g/mol. The molecular formula is C32H33F3O5. The number of methoxy groups -OCH3 is 1. The third-order valence-corrected chi connectivity index (χ3v) is 7.80. The van der Waals surface area contributed by atoms with Crippen LogP contribution in [0, 0.1) is 5.92 Å². The lowest BCUT2D eigenvalue weighted by atomic mass is 9.91. The van der Waals surface area contributed by atoms with E-state index in [0.717, 1.165) is 62.0 Å². The molecule has 2 fully saturated rings. The van der Waals surface area contributed by atoms with Crippen LogP contribution in [0.2, 0.25) is 0 Å². The summed E-state index contributed by atoms with van der Waals surface area (Å²) in [4.78, 5) is 11.4. The van der Waals surface area contributed by atoms with Gasteiger partial charge in [0.15, 0.2) is 0 Å². The first kappa shape index (κ1) is 27.9. The SMILES string of the molecule is COc1ccc(-c2ccc(C(F)(F)F)cc2)c(OC2CCC(Oc3cccc(C(CC(=O)O)C4CC4)c3)CC2)c1. The molecule has 40 heavy (non-hydrogen) atoms. The summed E-state index contributed by atoms with van der Waals surface area (Å²) >= 11 is 0. The summed E-state index contributed by atoms with van der Waals surface area (Å²) in [5.74, 6) is 1.61. The highest BCUT2D eigenvalue weighted by atomic mass is 19.4. The maximum Gasteiger partial charge on any atom is 0.416 e. The normalized spacial score (nSPS) is 20.0. The van der Waals surface area contributed by atoms with Crippen LogP contribution in [0.25, 0.3) is 11.1 Å². The zero-order valence-corrected chi connectivity index (χ0v) is 22.3. The molecular weight excluding hydrogens is 521 g/mol. The second-order valence-electron chi connectivity index (χ2n) is 10.7. The van der Waals surface area contributed by atoms with Crippen molar-refractivity contribution < 1.29 is 37.3 Å². The maximum absolute atomic E-state index is 13.0. The predicted octanol–water partition coefficient (Wildman–Crippen LogP) is 8.12. The van der Waals surface area contributed by atoms with Gasteiger partial charge in [-0.05, 0) is 97.9 Å². The number of ether oxygens (including phenoxy) is 3. The first-order valence-electron chi connectivity index (χ1n) is 13.7. The molecule has 1 unspecified atom stereocenters. The molecule has 8 heteroatoms. The van der Waals surface area contributed by atoms with Gasteiger partial charge in [-0.2, -0.15) is 13.2 Å². The van der Waals surface area contributed by atoms with Crippen LogP contribution in [-0.4, -0.2) is 30.4 Å². The number of alkyl halides is 3. The minimum absolute atomic E-state index is 0.0203. The Bertz CT molecular complexity index is 1310. The topological polar surface area (TPSA) is 65.0 Å². The first-order valence-corrected chi connectivity index (χ1v) is 13.7. The van der Waals surface area contributed by atoms with Gasteiger partial charge in [0, 0.05) is 11.6 Å². The van der Waals surface area contributed by atoms with Gasteiger partial charge in [0.1, 0.15) is 17.2 Å². The van der Waals surface area contributed by atoms with Crippen LogP contribution < -0.4 is 14.2 Å². The molecule has 2 saturated carbocycles. The van der Waals surface area contributed by atoms with Crippen LogP contribution in [0.1, 0.15) is 62.0 Å². The molecule has 0 saturated heterocycles. The van der Waals surface area contributed by atoms with Crippen molar-refractivity contribution >= 4 is 5.97 Å². The van der Waals surface area contributed by atoms with E-state index in [1.54, 1.807) is 25.3 Å². The minimum Gasteiger partial charge on any atom is -0.497 e. The quantitative estimate of drug-likeness (QED) is 0.274. The van der Waals surface area contributed by atoms with E-state index >= 15 is 0 Å². The Labute approximate surface area is 231 Å². The second-order valence-corrected chi connectivity index (χ2v) is 10.7.